The number of rotatable bonds is 3. The van der Waals surface area contributed by atoms with Crippen LogP contribution in [0.1, 0.15) is 28.4 Å². The minimum absolute atomic E-state index is 0.123. The molecule has 2 rings (SSSR count). The van der Waals surface area contributed by atoms with Gasteiger partial charge in [-0.15, -0.1) is 0 Å². The van der Waals surface area contributed by atoms with E-state index in [1.807, 2.05) is 6.92 Å². The van der Waals surface area contributed by atoms with Crippen molar-refractivity contribution in [1.29, 1.82) is 0 Å². The highest BCUT2D eigenvalue weighted by Gasteiger charge is 2.16. The third-order valence-corrected chi connectivity index (χ3v) is 3.27. The molecule has 2 nitrogen and oxygen atoms in total. The highest BCUT2D eigenvalue weighted by atomic mass is 35.5. The maximum absolute atomic E-state index is 12.4. The summed E-state index contributed by atoms with van der Waals surface area (Å²) in [6.07, 6.45) is 4.05. The lowest BCUT2D eigenvalue weighted by Gasteiger charge is -2.08. The van der Waals surface area contributed by atoms with E-state index in [9.17, 15) is 4.79 Å². The fourth-order valence-electron chi connectivity index (χ4n) is 1.75. The van der Waals surface area contributed by atoms with Crippen LogP contribution in [0.2, 0.25) is 10.0 Å². The average molecular weight is 280 g/mol. The van der Waals surface area contributed by atoms with Crippen LogP contribution in [-0.4, -0.2) is 10.8 Å². The minimum atomic E-state index is -0.123. The molecule has 0 spiro atoms. The summed E-state index contributed by atoms with van der Waals surface area (Å²) in [4.78, 5) is 16.4. The van der Waals surface area contributed by atoms with Gasteiger partial charge in [0.2, 0.25) is 0 Å². The van der Waals surface area contributed by atoms with Crippen LogP contribution in [0.15, 0.2) is 36.7 Å². The van der Waals surface area contributed by atoms with Gasteiger partial charge in [-0.3, -0.25) is 9.78 Å². The van der Waals surface area contributed by atoms with Crippen molar-refractivity contribution in [2.45, 2.75) is 13.3 Å². The first-order valence-corrected chi connectivity index (χ1v) is 6.31. The summed E-state index contributed by atoms with van der Waals surface area (Å²) in [6.45, 7) is 1.98. The first kappa shape index (κ1) is 13.1. The fraction of sp³-hybridized carbons (Fsp3) is 0.143. The number of ketones is 1. The Morgan fingerprint density at radius 3 is 2.72 bits per heavy atom. The first-order valence-electron chi connectivity index (χ1n) is 5.56. The Bertz CT molecular complexity index is 596. The van der Waals surface area contributed by atoms with Gasteiger partial charge < -0.3 is 0 Å². The molecule has 0 aliphatic heterocycles. The number of carbonyl (C=O) groups is 1. The summed E-state index contributed by atoms with van der Waals surface area (Å²) in [6, 6.07) is 6.59. The summed E-state index contributed by atoms with van der Waals surface area (Å²) in [5, 5.41) is 0.901. The van der Waals surface area contributed by atoms with Crippen LogP contribution in [0.5, 0.6) is 0 Å². The van der Waals surface area contributed by atoms with E-state index in [-0.39, 0.29) is 5.78 Å². The normalized spacial score (nSPS) is 10.4. The number of halogens is 2. The van der Waals surface area contributed by atoms with Crippen molar-refractivity contribution in [3.8, 4) is 0 Å². The average Bonchev–Trinajstić information content (AvgIpc) is 2.40. The summed E-state index contributed by atoms with van der Waals surface area (Å²) < 4.78 is 0. The number of aryl methyl sites for hydroxylation is 1. The van der Waals surface area contributed by atoms with E-state index in [4.69, 9.17) is 23.2 Å². The van der Waals surface area contributed by atoms with Crippen molar-refractivity contribution in [2.24, 2.45) is 0 Å². The smallest absolute Gasteiger partial charge is 0.194 e. The molecule has 2 aromatic rings. The molecule has 0 aliphatic carbocycles. The van der Waals surface area contributed by atoms with E-state index in [1.165, 1.54) is 0 Å². The van der Waals surface area contributed by atoms with E-state index in [2.05, 4.69) is 4.98 Å². The highest BCUT2D eigenvalue weighted by Crippen LogP contribution is 2.24. The predicted octanol–water partition coefficient (Wildman–Crippen LogP) is 4.18. The number of hydrogen-bond donors (Lipinski definition) is 0. The zero-order chi connectivity index (χ0) is 13.1. The van der Waals surface area contributed by atoms with Crippen LogP contribution in [0, 0.1) is 0 Å². The highest BCUT2D eigenvalue weighted by molar-refractivity contribution is 6.36. The lowest BCUT2D eigenvalue weighted by atomic mass is 9.99. The molecule has 0 radical (unpaired) electrons. The molecule has 0 saturated heterocycles. The first-order chi connectivity index (χ1) is 8.63. The van der Waals surface area contributed by atoms with E-state index >= 15 is 0 Å². The van der Waals surface area contributed by atoms with Crippen molar-refractivity contribution in [3.05, 3.63) is 63.4 Å². The van der Waals surface area contributed by atoms with Crippen LogP contribution in [-0.2, 0) is 6.42 Å². The molecule has 4 heteroatoms. The molecule has 1 aromatic carbocycles. The van der Waals surface area contributed by atoms with Gasteiger partial charge >= 0.3 is 0 Å². The molecule has 0 bridgehead atoms. The Morgan fingerprint density at radius 1 is 1.22 bits per heavy atom. The second kappa shape index (κ2) is 5.51. The summed E-state index contributed by atoms with van der Waals surface area (Å²) in [7, 11) is 0. The number of pyridine rings is 1. The number of carbonyl (C=O) groups excluding carboxylic acids is 1. The zero-order valence-electron chi connectivity index (χ0n) is 9.78. The summed E-state index contributed by atoms with van der Waals surface area (Å²) >= 11 is 11.9. The molecule has 0 fully saturated rings. The van der Waals surface area contributed by atoms with E-state index in [0.717, 1.165) is 12.0 Å². The molecule has 0 atom stereocenters. The molecule has 0 saturated carbocycles. The lowest BCUT2D eigenvalue weighted by Crippen LogP contribution is -2.06. The number of benzene rings is 1. The van der Waals surface area contributed by atoms with Gasteiger partial charge in [-0.25, -0.2) is 0 Å². The monoisotopic (exact) mass is 279 g/mol. The van der Waals surface area contributed by atoms with Gasteiger partial charge in [0.1, 0.15) is 0 Å². The Hall–Kier alpha value is -1.38. The maximum atomic E-state index is 12.4. The predicted molar refractivity (Wildman–Crippen MR) is 73.5 cm³/mol. The van der Waals surface area contributed by atoms with Crippen LogP contribution in [0.25, 0.3) is 0 Å². The van der Waals surface area contributed by atoms with Gasteiger partial charge in [0.05, 0.1) is 5.02 Å². The van der Waals surface area contributed by atoms with Gasteiger partial charge in [0, 0.05) is 28.5 Å². The van der Waals surface area contributed by atoms with Crippen molar-refractivity contribution in [3.63, 3.8) is 0 Å². The molecule has 92 valence electrons. The summed E-state index contributed by atoms with van der Waals surface area (Å²) in [5.74, 6) is -0.123. The van der Waals surface area contributed by atoms with Crippen molar-refractivity contribution in [1.82, 2.24) is 4.98 Å². The van der Waals surface area contributed by atoms with E-state index < -0.39 is 0 Å². The molecular weight excluding hydrogens is 269 g/mol. The molecule has 18 heavy (non-hydrogen) atoms. The number of nitrogens with zero attached hydrogens (tertiary/aromatic N) is 1. The van der Waals surface area contributed by atoms with Gasteiger partial charge in [-0.1, -0.05) is 30.1 Å². The minimum Gasteiger partial charge on any atom is -0.289 e. The van der Waals surface area contributed by atoms with Gasteiger partial charge in [0.15, 0.2) is 5.78 Å². The second-order valence-electron chi connectivity index (χ2n) is 3.84. The molecular formula is C14H11Cl2NO. The molecule has 0 N–H and O–H groups in total. The zero-order valence-corrected chi connectivity index (χ0v) is 11.3. The Labute approximate surface area is 116 Å². The van der Waals surface area contributed by atoms with Gasteiger partial charge in [0.25, 0.3) is 0 Å². The van der Waals surface area contributed by atoms with Gasteiger partial charge in [-0.2, -0.15) is 0 Å². The van der Waals surface area contributed by atoms with Crippen molar-refractivity contribution >= 4 is 29.0 Å². The molecule has 0 aliphatic rings. The topological polar surface area (TPSA) is 30.0 Å². The molecule has 0 unspecified atom stereocenters. The molecule has 0 amide bonds. The fourth-order valence-corrected chi connectivity index (χ4v) is 2.12. The van der Waals surface area contributed by atoms with Gasteiger partial charge in [-0.05, 0) is 36.2 Å². The quantitative estimate of drug-likeness (QED) is 0.789. The maximum Gasteiger partial charge on any atom is 0.194 e. The van der Waals surface area contributed by atoms with E-state index in [1.54, 1.807) is 36.7 Å². The Morgan fingerprint density at radius 2 is 2.00 bits per heavy atom. The van der Waals surface area contributed by atoms with Crippen LogP contribution < -0.4 is 0 Å². The van der Waals surface area contributed by atoms with Crippen molar-refractivity contribution < 1.29 is 4.79 Å². The third-order valence-electron chi connectivity index (χ3n) is 2.70. The molecule has 1 heterocycles. The van der Waals surface area contributed by atoms with Crippen LogP contribution in [0.4, 0.5) is 0 Å². The largest absolute Gasteiger partial charge is 0.289 e. The Balaban J connectivity index is 2.51. The Kier molecular flexibility index (Phi) is 4.00. The number of hydrogen-bond acceptors (Lipinski definition) is 2. The summed E-state index contributed by atoms with van der Waals surface area (Å²) in [5.41, 5.74) is 1.94. The third kappa shape index (κ3) is 2.55. The second-order valence-corrected chi connectivity index (χ2v) is 4.68. The lowest BCUT2D eigenvalue weighted by molar-refractivity contribution is 0.103. The van der Waals surface area contributed by atoms with Crippen LogP contribution >= 0.6 is 23.2 Å². The standard InChI is InChI=1S/C14H11Cl2NO/c1-2-9-8-17-6-5-11(9)14(18)12-7-10(15)3-4-13(12)16/h3-8H,2H2,1H3. The van der Waals surface area contributed by atoms with E-state index in [0.29, 0.717) is 21.2 Å². The number of aromatic nitrogens is 1. The SMILES string of the molecule is CCc1cnccc1C(=O)c1cc(Cl)ccc1Cl. The van der Waals surface area contributed by atoms with Crippen LogP contribution in [0.3, 0.4) is 0 Å². The molecule has 1 aromatic heterocycles. The van der Waals surface area contributed by atoms with Crippen molar-refractivity contribution in [2.75, 3.05) is 0 Å².